The molecule has 0 saturated heterocycles. The van der Waals surface area contributed by atoms with Crippen molar-refractivity contribution in [1.29, 1.82) is 0 Å². The van der Waals surface area contributed by atoms with E-state index in [1.807, 2.05) is 0 Å². The minimum Gasteiger partial charge on any atom is -0.367 e. The number of nitrogens with one attached hydrogen (secondary N) is 1. The van der Waals surface area contributed by atoms with Crippen molar-refractivity contribution in [3.63, 3.8) is 0 Å². The van der Waals surface area contributed by atoms with Gasteiger partial charge < -0.3 is 16.4 Å². The summed E-state index contributed by atoms with van der Waals surface area (Å²) in [6, 6.07) is -0.441. The molecule has 0 bridgehead atoms. The first kappa shape index (κ1) is 12.9. The van der Waals surface area contributed by atoms with Crippen molar-refractivity contribution in [2.24, 2.45) is 11.5 Å². The topological polar surface area (TPSA) is 128 Å². The smallest absolute Gasteiger partial charge is 0.315 e. The first-order valence-corrected chi connectivity index (χ1v) is 6.36. The summed E-state index contributed by atoms with van der Waals surface area (Å²) in [5.41, 5.74) is 16.1. The van der Waals surface area contributed by atoms with Gasteiger partial charge in [0.05, 0.1) is 31.0 Å². The zero-order valence-corrected chi connectivity index (χ0v) is 10.8. The maximum atomic E-state index is 11.3. The first-order valence-electron chi connectivity index (χ1n) is 6.36. The Balaban J connectivity index is 1.92. The molecule has 0 fully saturated rings. The molecule has 0 saturated carbocycles. The number of urea groups is 1. The molecule has 0 aromatic carbocycles. The van der Waals surface area contributed by atoms with Crippen LogP contribution in [0.2, 0.25) is 0 Å². The van der Waals surface area contributed by atoms with E-state index in [9.17, 15) is 9.59 Å². The standard InChI is InChI=1S/C11H16N6O3/c12-10(18)9-5-17-8(3-14-20-9)6-4-16(11(13)19)2-1-7(6)15-17/h9,14H,1-5H2,(H2,12,18)(H2,13,19). The molecule has 0 aliphatic carbocycles. The summed E-state index contributed by atoms with van der Waals surface area (Å²) >= 11 is 0. The lowest BCUT2D eigenvalue weighted by molar-refractivity contribution is -0.135. The Morgan fingerprint density at radius 3 is 2.90 bits per heavy atom. The lowest BCUT2D eigenvalue weighted by atomic mass is 10.1. The number of hydrogen-bond acceptors (Lipinski definition) is 5. The van der Waals surface area contributed by atoms with E-state index in [0.717, 1.165) is 17.0 Å². The van der Waals surface area contributed by atoms with E-state index in [1.165, 1.54) is 0 Å². The minimum atomic E-state index is -0.759. The van der Waals surface area contributed by atoms with Crippen molar-refractivity contribution in [1.82, 2.24) is 20.2 Å². The van der Waals surface area contributed by atoms with Crippen LogP contribution in [0.3, 0.4) is 0 Å². The average molecular weight is 280 g/mol. The molecule has 1 aromatic heterocycles. The predicted molar refractivity (Wildman–Crippen MR) is 66.8 cm³/mol. The number of carbonyl (C=O) groups is 2. The van der Waals surface area contributed by atoms with Crippen LogP contribution in [0.1, 0.15) is 17.0 Å². The van der Waals surface area contributed by atoms with Crippen molar-refractivity contribution >= 4 is 11.9 Å². The van der Waals surface area contributed by atoms with Crippen LogP contribution in [0.5, 0.6) is 0 Å². The van der Waals surface area contributed by atoms with Crippen molar-refractivity contribution in [3.05, 3.63) is 17.0 Å². The van der Waals surface area contributed by atoms with Gasteiger partial charge in [0, 0.05) is 18.5 Å². The zero-order chi connectivity index (χ0) is 14.3. The molecular weight excluding hydrogens is 264 g/mol. The number of hydroxylamine groups is 1. The maximum absolute atomic E-state index is 11.3. The summed E-state index contributed by atoms with van der Waals surface area (Å²) in [6.07, 6.45) is -0.106. The van der Waals surface area contributed by atoms with E-state index < -0.39 is 18.0 Å². The van der Waals surface area contributed by atoms with E-state index in [0.29, 0.717) is 26.1 Å². The van der Waals surface area contributed by atoms with Crippen molar-refractivity contribution in [2.45, 2.75) is 32.2 Å². The molecule has 20 heavy (non-hydrogen) atoms. The van der Waals surface area contributed by atoms with Gasteiger partial charge in [0.25, 0.3) is 5.91 Å². The van der Waals surface area contributed by atoms with E-state index in [4.69, 9.17) is 16.3 Å². The van der Waals surface area contributed by atoms with Gasteiger partial charge in [-0.2, -0.15) is 10.6 Å². The first-order chi connectivity index (χ1) is 9.56. The van der Waals surface area contributed by atoms with Crippen LogP contribution >= 0.6 is 0 Å². The highest BCUT2D eigenvalue weighted by atomic mass is 16.7. The van der Waals surface area contributed by atoms with Gasteiger partial charge in [-0.3, -0.25) is 14.3 Å². The third-order valence-corrected chi connectivity index (χ3v) is 3.65. The lowest BCUT2D eigenvalue weighted by Crippen LogP contribution is -2.39. The van der Waals surface area contributed by atoms with Gasteiger partial charge in [0.15, 0.2) is 6.10 Å². The van der Waals surface area contributed by atoms with Crippen LogP contribution < -0.4 is 16.9 Å². The molecule has 2 aliphatic rings. The summed E-state index contributed by atoms with van der Waals surface area (Å²) in [5.74, 6) is -0.544. The molecule has 0 radical (unpaired) electrons. The normalized spacial score (nSPS) is 21.8. The van der Waals surface area contributed by atoms with E-state index in [1.54, 1.807) is 9.58 Å². The fraction of sp³-hybridized carbons (Fsp3) is 0.545. The van der Waals surface area contributed by atoms with Gasteiger partial charge in [-0.25, -0.2) is 4.79 Å². The number of aromatic nitrogens is 2. The van der Waals surface area contributed by atoms with Crippen LogP contribution in [-0.4, -0.2) is 39.3 Å². The second kappa shape index (κ2) is 4.76. The molecule has 2 aliphatic heterocycles. The van der Waals surface area contributed by atoms with Gasteiger partial charge in [0.2, 0.25) is 0 Å². The zero-order valence-electron chi connectivity index (χ0n) is 10.8. The molecule has 5 N–H and O–H groups in total. The molecule has 1 unspecified atom stereocenters. The van der Waals surface area contributed by atoms with Crippen LogP contribution in [-0.2, 0) is 35.7 Å². The Morgan fingerprint density at radius 2 is 2.20 bits per heavy atom. The van der Waals surface area contributed by atoms with Crippen LogP contribution in [0.25, 0.3) is 0 Å². The number of carbonyl (C=O) groups excluding carboxylic acids is 2. The summed E-state index contributed by atoms with van der Waals surface area (Å²) in [5, 5.41) is 4.49. The monoisotopic (exact) mass is 280 g/mol. The van der Waals surface area contributed by atoms with E-state index >= 15 is 0 Å². The molecule has 3 rings (SSSR count). The lowest BCUT2D eigenvalue weighted by Gasteiger charge is -2.25. The molecule has 1 aromatic rings. The highest BCUT2D eigenvalue weighted by molar-refractivity contribution is 5.78. The second-order valence-corrected chi connectivity index (χ2v) is 4.89. The molecule has 3 heterocycles. The number of nitrogens with two attached hydrogens (primary N) is 2. The Bertz CT molecular complexity index is 569. The number of hydrogen-bond donors (Lipinski definition) is 3. The predicted octanol–water partition coefficient (Wildman–Crippen LogP) is -1.79. The number of primary amides is 2. The Kier molecular flexibility index (Phi) is 3.07. The van der Waals surface area contributed by atoms with Crippen LogP contribution in [0.15, 0.2) is 0 Å². The second-order valence-electron chi connectivity index (χ2n) is 4.89. The third kappa shape index (κ3) is 2.10. The average Bonchev–Trinajstić information content (AvgIpc) is 2.60. The van der Waals surface area contributed by atoms with Gasteiger partial charge in [-0.15, -0.1) is 0 Å². The third-order valence-electron chi connectivity index (χ3n) is 3.65. The quantitative estimate of drug-likeness (QED) is 0.559. The van der Waals surface area contributed by atoms with Crippen molar-refractivity contribution < 1.29 is 14.4 Å². The van der Waals surface area contributed by atoms with Gasteiger partial charge >= 0.3 is 6.03 Å². The number of amides is 3. The van der Waals surface area contributed by atoms with Crippen molar-refractivity contribution in [3.8, 4) is 0 Å². The summed E-state index contributed by atoms with van der Waals surface area (Å²) in [7, 11) is 0. The van der Waals surface area contributed by atoms with Crippen molar-refractivity contribution in [2.75, 3.05) is 6.54 Å². The number of fused-ring (bicyclic) bond motifs is 3. The number of nitrogens with zero attached hydrogens (tertiary/aromatic N) is 3. The van der Waals surface area contributed by atoms with Crippen LogP contribution in [0.4, 0.5) is 4.79 Å². The summed E-state index contributed by atoms with van der Waals surface area (Å²) < 4.78 is 1.73. The molecule has 9 nitrogen and oxygen atoms in total. The van der Waals surface area contributed by atoms with Crippen LogP contribution in [0, 0.1) is 0 Å². The van der Waals surface area contributed by atoms with E-state index in [2.05, 4.69) is 10.6 Å². The molecular formula is C11H16N6O3. The molecule has 1 atom stereocenters. The molecule has 0 spiro atoms. The molecule has 3 amide bonds. The Labute approximate surface area is 114 Å². The van der Waals surface area contributed by atoms with E-state index in [-0.39, 0.29) is 6.54 Å². The Hall–Kier alpha value is -2.13. The highest BCUT2D eigenvalue weighted by Crippen LogP contribution is 2.23. The minimum absolute atomic E-state index is 0.265. The summed E-state index contributed by atoms with van der Waals surface area (Å²) in [4.78, 5) is 29.3. The Morgan fingerprint density at radius 1 is 1.40 bits per heavy atom. The van der Waals surface area contributed by atoms with Gasteiger partial charge in [-0.1, -0.05) is 0 Å². The maximum Gasteiger partial charge on any atom is 0.315 e. The number of rotatable bonds is 1. The summed E-state index contributed by atoms with van der Waals surface area (Å²) in [6.45, 7) is 1.66. The van der Waals surface area contributed by atoms with Gasteiger partial charge in [0.1, 0.15) is 0 Å². The van der Waals surface area contributed by atoms with Gasteiger partial charge in [-0.05, 0) is 0 Å². The fourth-order valence-electron chi connectivity index (χ4n) is 2.57. The SMILES string of the molecule is NC(=O)C1Cn2nc3c(c2CNO1)CN(C(N)=O)CC3. The molecule has 9 heteroatoms. The fourth-order valence-corrected chi connectivity index (χ4v) is 2.57. The largest absolute Gasteiger partial charge is 0.367 e. The molecule has 108 valence electrons. The highest BCUT2D eigenvalue weighted by Gasteiger charge is 2.30.